The molecular formula is C28H30FN3. The number of nitrogens with zero attached hydrogens (tertiary/aromatic N) is 3. The molecule has 3 nitrogen and oxygen atoms in total. The van der Waals surface area contributed by atoms with Crippen LogP contribution in [0.5, 0.6) is 0 Å². The lowest BCUT2D eigenvalue weighted by atomic mass is 9.82. The molecule has 32 heavy (non-hydrogen) atoms. The lowest BCUT2D eigenvalue weighted by molar-refractivity contribution is 0.589. The van der Waals surface area contributed by atoms with E-state index in [0.717, 1.165) is 28.1 Å². The molecule has 0 spiro atoms. The van der Waals surface area contributed by atoms with Crippen molar-refractivity contribution in [1.29, 1.82) is 0 Å². The summed E-state index contributed by atoms with van der Waals surface area (Å²) in [5, 5.41) is 4.52. The second kappa shape index (κ2) is 8.01. The van der Waals surface area contributed by atoms with Crippen LogP contribution in [0, 0.1) is 5.82 Å². The van der Waals surface area contributed by atoms with Crippen molar-refractivity contribution < 1.29 is 4.39 Å². The van der Waals surface area contributed by atoms with E-state index in [1.807, 2.05) is 16.9 Å². The first-order valence-corrected chi connectivity index (χ1v) is 11.0. The van der Waals surface area contributed by atoms with Crippen molar-refractivity contribution >= 4 is 0 Å². The topological polar surface area (TPSA) is 30.7 Å². The summed E-state index contributed by atoms with van der Waals surface area (Å²) in [4.78, 5) is 4.41. The van der Waals surface area contributed by atoms with E-state index in [-0.39, 0.29) is 16.6 Å². The first-order chi connectivity index (χ1) is 15.0. The molecule has 4 rings (SSSR count). The molecule has 0 atom stereocenters. The fourth-order valence-electron chi connectivity index (χ4n) is 3.82. The molecule has 0 aliphatic rings. The van der Waals surface area contributed by atoms with Crippen LogP contribution in [0.3, 0.4) is 0 Å². The maximum absolute atomic E-state index is 13.6. The largest absolute Gasteiger partial charge is 0.253 e. The van der Waals surface area contributed by atoms with Crippen LogP contribution in [-0.4, -0.2) is 14.8 Å². The zero-order chi connectivity index (χ0) is 23.1. The van der Waals surface area contributed by atoms with Crippen LogP contribution in [0.15, 0.2) is 73.2 Å². The average Bonchev–Trinajstić information content (AvgIpc) is 3.27. The molecule has 0 aliphatic heterocycles. The minimum Gasteiger partial charge on any atom is -0.253 e. The quantitative estimate of drug-likeness (QED) is 0.342. The summed E-state index contributed by atoms with van der Waals surface area (Å²) >= 11 is 0. The van der Waals surface area contributed by atoms with Crippen molar-refractivity contribution in [2.45, 2.75) is 52.4 Å². The predicted molar refractivity (Wildman–Crippen MR) is 130 cm³/mol. The van der Waals surface area contributed by atoms with Gasteiger partial charge in [0.05, 0.1) is 17.6 Å². The molecule has 0 aliphatic carbocycles. The summed E-state index contributed by atoms with van der Waals surface area (Å²) in [6.07, 6.45) is 5.03. The highest BCUT2D eigenvalue weighted by Gasteiger charge is 2.21. The Morgan fingerprint density at radius 2 is 1.41 bits per heavy atom. The maximum atomic E-state index is 13.6. The van der Waals surface area contributed by atoms with E-state index < -0.39 is 0 Å². The Balaban J connectivity index is 2.00. The molecule has 0 N–H and O–H groups in total. The first-order valence-electron chi connectivity index (χ1n) is 11.0. The van der Waals surface area contributed by atoms with Crippen LogP contribution in [-0.2, 0) is 10.8 Å². The van der Waals surface area contributed by atoms with Gasteiger partial charge in [0.1, 0.15) is 5.82 Å². The first kappa shape index (κ1) is 21.9. The Labute approximate surface area is 190 Å². The maximum Gasteiger partial charge on any atom is 0.141 e. The molecule has 0 saturated heterocycles. The van der Waals surface area contributed by atoms with Gasteiger partial charge in [-0.25, -0.2) is 9.07 Å². The summed E-state index contributed by atoms with van der Waals surface area (Å²) in [6.45, 7) is 13.2. The molecule has 0 bridgehead atoms. The predicted octanol–water partition coefficient (Wildman–Crippen LogP) is 7.34. The minimum atomic E-state index is -0.339. The molecule has 4 aromatic rings. The van der Waals surface area contributed by atoms with Crippen molar-refractivity contribution in [2.75, 3.05) is 0 Å². The average molecular weight is 428 g/mol. The molecule has 0 fully saturated rings. The number of aromatic nitrogens is 3. The SMILES string of the molecule is CC(C)(C)c1ccc(-c2ccc(C(C)(C)C)cc2-n2cccn2)c(-c2ccc(F)cn2)c1. The van der Waals surface area contributed by atoms with Gasteiger partial charge in [0.25, 0.3) is 0 Å². The molecule has 4 heteroatoms. The summed E-state index contributed by atoms with van der Waals surface area (Å²) < 4.78 is 15.5. The Hall–Kier alpha value is -3.27. The number of hydrogen-bond donors (Lipinski definition) is 0. The van der Waals surface area contributed by atoms with Crippen molar-refractivity contribution in [1.82, 2.24) is 14.8 Å². The molecule has 0 radical (unpaired) electrons. The second-order valence-electron chi connectivity index (χ2n) is 10.3. The molecular weight excluding hydrogens is 397 g/mol. The van der Waals surface area contributed by atoms with Crippen LogP contribution in [0.1, 0.15) is 52.7 Å². The van der Waals surface area contributed by atoms with Gasteiger partial charge in [-0.2, -0.15) is 5.10 Å². The highest BCUT2D eigenvalue weighted by molar-refractivity contribution is 5.86. The van der Waals surface area contributed by atoms with E-state index >= 15 is 0 Å². The van der Waals surface area contributed by atoms with Gasteiger partial charge in [0, 0.05) is 23.5 Å². The number of pyridine rings is 1. The van der Waals surface area contributed by atoms with Crippen LogP contribution >= 0.6 is 0 Å². The van der Waals surface area contributed by atoms with Gasteiger partial charge in [0.2, 0.25) is 0 Å². The lowest BCUT2D eigenvalue weighted by Crippen LogP contribution is -2.13. The highest BCUT2D eigenvalue weighted by atomic mass is 19.1. The van der Waals surface area contributed by atoms with Gasteiger partial charge in [0.15, 0.2) is 0 Å². The molecule has 0 amide bonds. The summed E-state index contributed by atoms with van der Waals surface area (Å²) in [7, 11) is 0. The summed E-state index contributed by atoms with van der Waals surface area (Å²) in [5.41, 5.74) is 7.27. The Bertz CT molecular complexity index is 1230. The van der Waals surface area contributed by atoms with Gasteiger partial charge in [-0.15, -0.1) is 0 Å². The highest BCUT2D eigenvalue weighted by Crippen LogP contribution is 2.39. The Morgan fingerprint density at radius 1 is 0.750 bits per heavy atom. The zero-order valence-corrected chi connectivity index (χ0v) is 19.6. The third-order valence-electron chi connectivity index (χ3n) is 5.79. The Kier molecular flexibility index (Phi) is 5.49. The van der Waals surface area contributed by atoms with Gasteiger partial charge in [-0.05, 0) is 57.9 Å². The van der Waals surface area contributed by atoms with Gasteiger partial charge in [-0.3, -0.25) is 4.98 Å². The second-order valence-corrected chi connectivity index (χ2v) is 10.3. The van der Waals surface area contributed by atoms with Crippen molar-refractivity contribution in [3.05, 3.63) is 90.1 Å². The molecule has 0 saturated carbocycles. The summed E-state index contributed by atoms with van der Waals surface area (Å²) in [6, 6.07) is 18.2. The van der Waals surface area contributed by atoms with Crippen LogP contribution in [0.4, 0.5) is 4.39 Å². The van der Waals surface area contributed by atoms with E-state index in [9.17, 15) is 4.39 Å². The molecule has 2 aromatic carbocycles. The van der Waals surface area contributed by atoms with Crippen molar-refractivity contribution in [2.24, 2.45) is 0 Å². The van der Waals surface area contributed by atoms with E-state index in [2.05, 4.69) is 88.0 Å². The van der Waals surface area contributed by atoms with E-state index in [4.69, 9.17) is 0 Å². The number of hydrogen-bond acceptors (Lipinski definition) is 2. The fraction of sp³-hybridized carbons (Fsp3) is 0.286. The lowest BCUT2D eigenvalue weighted by Gasteiger charge is -2.24. The third kappa shape index (κ3) is 4.36. The van der Waals surface area contributed by atoms with Crippen LogP contribution < -0.4 is 0 Å². The number of benzene rings is 2. The molecule has 0 unspecified atom stereocenters. The monoisotopic (exact) mass is 427 g/mol. The zero-order valence-electron chi connectivity index (χ0n) is 19.6. The van der Waals surface area contributed by atoms with Crippen molar-refractivity contribution in [3.63, 3.8) is 0 Å². The molecule has 164 valence electrons. The van der Waals surface area contributed by atoms with E-state index in [0.29, 0.717) is 0 Å². The van der Waals surface area contributed by atoms with Gasteiger partial charge in [-0.1, -0.05) is 65.8 Å². The van der Waals surface area contributed by atoms with Crippen LogP contribution in [0.2, 0.25) is 0 Å². The van der Waals surface area contributed by atoms with Crippen molar-refractivity contribution in [3.8, 4) is 28.1 Å². The normalized spacial score (nSPS) is 12.2. The smallest absolute Gasteiger partial charge is 0.141 e. The van der Waals surface area contributed by atoms with E-state index in [1.165, 1.54) is 23.4 Å². The third-order valence-corrected chi connectivity index (χ3v) is 5.79. The van der Waals surface area contributed by atoms with Gasteiger partial charge < -0.3 is 0 Å². The minimum absolute atomic E-state index is 0.0118. The molecule has 2 heterocycles. The Morgan fingerprint density at radius 3 is 1.97 bits per heavy atom. The number of halogens is 1. The summed E-state index contributed by atoms with van der Waals surface area (Å²) in [5.74, 6) is -0.339. The van der Waals surface area contributed by atoms with Crippen LogP contribution in [0.25, 0.3) is 28.1 Å². The standard InChI is InChI=1S/C28H30FN3/c1-27(2,3)19-8-11-22(24(16-19)25-13-10-21(29)18-30-25)23-12-9-20(28(4,5)6)17-26(23)32-15-7-14-31-32/h7-18H,1-6H3. The van der Waals surface area contributed by atoms with E-state index in [1.54, 1.807) is 12.3 Å². The number of rotatable bonds is 3. The van der Waals surface area contributed by atoms with Gasteiger partial charge >= 0.3 is 0 Å². The molecule has 2 aromatic heterocycles. The fourth-order valence-corrected chi connectivity index (χ4v) is 3.82.